The van der Waals surface area contributed by atoms with Gasteiger partial charge in [-0.2, -0.15) is 0 Å². The Kier molecular flexibility index (Phi) is 6.82. The summed E-state index contributed by atoms with van der Waals surface area (Å²) in [5.41, 5.74) is 2.71. The fraction of sp³-hybridized carbons (Fsp3) is 0.304. The van der Waals surface area contributed by atoms with Crippen LogP contribution < -0.4 is 5.32 Å². The van der Waals surface area contributed by atoms with Crippen molar-refractivity contribution in [3.8, 4) is 0 Å². The quantitative estimate of drug-likeness (QED) is 0.399. The van der Waals surface area contributed by atoms with E-state index in [4.69, 9.17) is 9.47 Å². The Labute approximate surface area is 188 Å². The Morgan fingerprint density at radius 3 is 2.63 bits per heavy atom. The molecule has 3 aromatic rings. The van der Waals surface area contributed by atoms with E-state index in [0.29, 0.717) is 22.3 Å². The molecule has 7 heteroatoms. The zero-order valence-corrected chi connectivity index (χ0v) is 19.0. The number of esters is 1. The molecule has 156 valence electrons. The zero-order valence-electron chi connectivity index (χ0n) is 16.6. The van der Waals surface area contributed by atoms with Crippen LogP contribution in [0.25, 0.3) is 0 Å². The van der Waals surface area contributed by atoms with E-state index in [-0.39, 0.29) is 18.2 Å². The molecule has 1 fully saturated rings. The van der Waals surface area contributed by atoms with Crippen molar-refractivity contribution in [3.63, 3.8) is 0 Å². The minimum absolute atomic E-state index is 0.0669. The highest BCUT2D eigenvalue weighted by atomic mass is 79.9. The van der Waals surface area contributed by atoms with Crippen LogP contribution in [-0.4, -0.2) is 23.2 Å². The Morgan fingerprint density at radius 1 is 1.13 bits per heavy atom. The lowest BCUT2D eigenvalue weighted by atomic mass is 10.2. The summed E-state index contributed by atoms with van der Waals surface area (Å²) in [7, 11) is 0. The van der Waals surface area contributed by atoms with Crippen LogP contribution in [0.15, 0.2) is 59.1 Å². The monoisotopic (exact) mass is 486 g/mol. The first-order valence-corrected chi connectivity index (χ1v) is 11.6. The van der Waals surface area contributed by atoms with Gasteiger partial charge in [0.05, 0.1) is 18.4 Å². The molecular formula is C23H23BrN2O3S. The van der Waals surface area contributed by atoms with Crippen molar-refractivity contribution in [2.24, 2.45) is 0 Å². The maximum Gasteiger partial charge on any atom is 0.350 e. The van der Waals surface area contributed by atoms with Crippen molar-refractivity contribution in [2.45, 2.75) is 45.0 Å². The number of hydrogen-bond acceptors (Lipinski definition) is 6. The Hall–Kier alpha value is -2.22. The molecule has 0 bridgehead atoms. The number of carbonyl (C=O) groups excluding carboxylic acids is 1. The second-order valence-corrected chi connectivity index (χ2v) is 9.19. The number of nitrogens with one attached hydrogen (secondary N) is 1. The highest BCUT2D eigenvalue weighted by Crippen LogP contribution is 2.30. The molecule has 0 amide bonds. The van der Waals surface area contributed by atoms with Gasteiger partial charge >= 0.3 is 5.97 Å². The lowest BCUT2D eigenvalue weighted by molar-refractivity contribution is -0.0439. The summed E-state index contributed by atoms with van der Waals surface area (Å²) < 4.78 is 12.9. The molecule has 1 heterocycles. The molecule has 0 aliphatic heterocycles. The van der Waals surface area contributed by atoms with Crippen LogP contribution in [-0.2, 0) is 16.1 Å². The third kappa shape index (κ3) is 5.28. The predicted octanol–water partition coefficient (Wildman–Crippen LogP) is 6.25. The number of ether oxygens (including phenoxy) is 2. The fourth-order valence-electron chi connectivity index (χ4n) is 3.48. The highest BCUT2D eigenvalue weighted by molar-refractivity contribution is 9.10. The van der Waals surface area contributed by atoms with Crippen molar-refractivity contribution in [3.05, 3.63) is 75.2 Å². The van der Waals surface area contributed by atoms with Gasteiger partial charge in [-0.15, -0.1) is 0 Å². The fourth-order valence-corrected chi connectivity index (χ4v) is 4.62. The van der Waals surface area contributed by atoms with Crippen LogP contribution in [0.3, 0.4) is 0 Å². The van der Waals surface area contributed by atoms with E-state index in [9.17, 15) is 4.79 Å². The minimum Gasteiger partial charge on any atom is -0.455 e. The topological polar surface area (TPSA) is 60.5 Å². The van der Waals surface area contributed by atoms with Gasteiger partial charge in [0, 0.05) is 10.2 Å². The summed E-state index contributed by atoms with van der Waals surface area (Å²) >= 11 is 4.74. The van der Waals surface area contributed by atoms with Crippen molar-refractivity contribution < 1.29 is 14.3 Å². The zero-order chi connectivity index (χ0) is 20.9. The first-order chi connectivity index (χ1) is 14.6. The molecule has 0 radical (unpaired) electrons. The molecule has 1 N–H and O–H groups in total. The smallest absolute Gasteiger partial charge is 0.350 e. The van der Waals surface area contributed by atoms with Gasteiger partial charge in [0.1, 0.15) is 11.0 Å². The van der Waals surface area contributed by atoms with Gasteiger partial charge in [-0.25, -0.2) is 9.78 Å². The predicted molar refractivity (Wildman–Crippen MR) is 122 cm³/mol. The number of carbonyl (C=O) groups is 1. The number of benzene rings is 2. The molecule has 2 atom stereocenters. The minimum atomic E-state index is -0.325. The van der Waals surface area contributed by atoms with Crippen LogP contribution in [0.5, 0.6) is 0 Å². The van der Waals surface area contributed by atoms with Crippen LogP contribution >= 0.6 is 27.3 Å². The number of aryl methyl sites for hydroxylation is 1. The Balaban J connectivity index is 1.37. The van der Waals surface area contributed by atoms with Gasteiger partial charge in [-0.3, -0.25) is 0 Å². The lowest BCUT2D eigenvalue weighted by Gasteiger charge is -2.20. The van der Waals surface area contributed by atoms with Crippen LogP contribution in [0, 0.1) is 6.92 Å². The number of hydrogen-bond donors (Lipinski definition) is 1. The van der Waals surface area contributed by atoms with Gasteiger partial charge in [-0.1, -0.05) is 57.6 Å². The van der Waals surface area contributed by atoms with E-state index < -0.39 is 0 Å². The van der Waals surface area contributed by atoms with Gasteiger partial charge in [-0.05, 0) is 56.0 Å². The van der Waals surface area contributed by atoms with E-state index in [1.165, 1.54) is 11.3 Å². The summed E-state index contributed by atoms with van der Waals surface area (Å²) in [6.07, 6.45) is 2.44. The van der Waals surface area contributed by atoms with Gasteiger partial charge in [0.15, 0.2) is 5.13 Å². The van der Waals surface area contributed by atoms with E-state index in [1.54, 1.807) is 0 Å². The molecule has 0 saturated heterocycles. The van der Waals surface area contributed by atoms with Crippen LogP contribution in [0.1, 0.15) is 40.2 Å². The Morgan fingerprint density at radius 2 is 1.87 bits per heavy atom. The van der Waals surface area contributed by atoms with Gasteiger partial charge in [0.25, 0.3) is 0 Å². The highest BCUT2D eigenvalue weighted by Gasteiger charge is 2.32. The molecule has 5 nitrogen and oxygen atoms in total. The molecule has 4 rings (SSSR count). The number of rotatable bonds is 7. The Bertz CT molecular complexity index is 991. The lowest BCUT2D eigenvalue weighted by Crippen LogP contribution is -2.28. The average Bonchev–Trinajstić information content (AvgIpc) is 3.34. The maximum atomic E-state index is 12.8. The van der Waals surface area contributed by atoms with Gasteiger partial charge in [0.2, 0.25) is 0 Å². The molecular weight excluding hydrogens is 464 g/mol. The largest absolute Gasteiger partial charge is 0.455 e. The number of nitrogens with zero attached hydrogens (tertiary/aromatic N) is 1. The standard InChI is InChI=1S/C23H23BrN2O3S/c1-15-21(30-23(25-15)26-18-12-10-17(24)11-13-18)22(27)29-20-9-5-8-19(20)28-14-16-6-3-2-4-7-16/h2-4,6-7,10-13,19-20H,5,8-9,14H2,1H3,(H,25,26)/t19-,20-/m0/s1. The first kappa shape index (κ1) is 21.0. The summed E-state index contributed by atoms with van der Waals surface area (Å²) in [6.45, 7) is 2.36. The molecule has 1 aromatic heterocycles. The molecule has 1 aliphatic rings. The first-order valence-electron chi connectivity index (χ1n) is 9.95. The number of halogens is 1. The van der Waals surface area contributed by atoms with Crippen molar-refractivity contribution in [1.82, 2.24) is 4.98 Å². The second-order valence-electron chi connectivity index (χ2n) is 7.28. The summed E-state index contributed by atoms with van der Waals surface area (Å²) in [4.78, 5) is 17.8. The van der Waals surface area contributed by atoms with Crippen LogP contribution in [0.4, 0.5) is 10.8 Å². The third-order valence-electron chi connectivity index (χ3n) is 5.03. The van der Waals surface area contributed by atoms with E-state index in [2.05, 4.69) is 26.2 Å². The number of thiazole rings is 1. The summed E-state index contributed by atoms with van der Waals surface area (Å²) in [6, 6.07) is 17.9. The van der Waals surface area contributed by atoms with E-state index in [1.807, 2.05) is 61.5 Å². The number of anilines is 2. The summed E-state index contributed by atoms with van der Waals surface area (Å²) in [5.74, 6) is -0.325. The molecule has 1 saturated carbocycles. The molecule has 2 aromatic carbocycles. The van der Waals surface area contributed by atoms with Crippen molar-refractivity contribution >= 4 is 44.1 Å². The average molecular weight is 487 g/mol. The molecule has 0 unspecified atom stereocenters. The maximum absolute atomic E-state index is 12.8. The SMILES string of the molecule is Cc1nc(Nc2ccc(Br)cc2)sc1C(=O)O[C@H]1CCC[C@@H]1OCc1ccccc1. The summed E-state index contributed by atoms with van der Waals surface area (Å²) in [5, 5.41) is 3.91. The molecule has 1 aliphatic carbocycles. The number of aromatic nitrogens is 1. The molecule has 0 spiro atoms. The second kappa shape index (κ2) is 9.73. The third-order valence-corrected chi connectivity index (χ3v) is 6.62. The molecule has 30 heavy (non-hydrogen) atoms. The normalized spacial score (nSPS) is 18.3. The van der Waals surface area contributed by atoms with Crippen molar-refractivity contribution in [2.75, 3.05) is 5.32 Å². The van der Waals surface area contributed by atoms with E-state index in [0.717, 1.165) is 35.0 Å². The van der Waals surface area contributed by atoms with Gasteiger partial charge < -0.3 is 14.8 Å². The van der Waals surface area contributed by atoms with Crippen LogP contribution in [0.2, 0.25) is 0 Å². The van der Waals surface area contributed by atoms with Crippen molar-refractivity contribution in [1.29, 1.82) is 0 Å². The van der Waals surface area contributed by atoms with E-state index >= 15 is 0 Å².